The van der Waals surface area contributed by atoms with Gasteiger partial charge >= 0.3 is 0 Å². The summed E-state index contributed by atoms with van der Waals surface area (Å²) < 4.78 is 1.93. The molecule has 0 spiro atoms. The fraction of sp³-hybridized carbons (Fsp3) is 0.105. The molecule has 0 fully saturated rings. The molecule has 0 aliphatic heterocycles. The summed E-state index contributed by atoms with van der Waals surface area (Å²) in [5, 5.41) is 12.7. The van der Waals surface area contributed by atoms with Crippen molar-refractivity contribution in [1.29, 1.82) is 0 Å². The molecule has 4 aromatic rings. The molecule has 1 aromatic carbocycles. The largest absolute Gasteiger partial charge is 0.301 e. The van der Waals surface area contributed by atoms with Crippen LogP contribution >= 0.6 is 23.1 Å². The number of thiazole rings is 1. The van der Waals surface area contributed by atoms with Gasteiger partial charge in [-0.3, -0.25) is 14.3 Å². The van der Waals surface area contributed by atoms with Crippen molar-refractivity contribution in [3.05, 3.63) is 65.9 Å². The average molecular weight is 409 g/mol. The van der Waals surface area contributed by atoms with Crippen molar-refractivity contribution in [3.63, 3.8) is 0 Å². The summed E-state index contributed by atoms with van der Waals surface area (Å²) in [6.45, 7) is 1.95. The van der Waals surface area contributed by atoms with Crippen LogP contribution in [-0.2, 0) is 4.79 Å². The third-order valence-electron chi connectivity index (χ3n) is 3.77. The molecule has 9 heteroatoms. The number of benzene rings is 1. The maximum absolute atomic E-state index is 12.3. The summed E-state index contributed by atoms with van der Waals surface area (Å²) in [7, 11) is 0. The summed E-state index contributed by atoms with van der Waals surface area (Å²) in [4.78, 5) is 21.7. The standard InChI is InChI=1S/C19H16N6OS2/c1-13-10-21-18(28-13)22-16(26)12-27-19-24-23-17(14-6-5-9-20-11-14)25(19)15-7-3-2-4-8-15/h2-11H,12H2,1H3,(H,21,22,26). The summed E-state index contributed by atoms with van der Waals surface area (Å²) in [6.07, 6.45) is 5.20. The first-order chi connectivity index (χ1) is 13.7. The summed E-state index contributed by atoms with van der Waals surface area (Å²) in [5.41, 5.74) is 1.78. The van der Waals surface area contributed by atoms with Gasteiger partial charge in [0.2, 0.25) is 5.91 Å². The van der Waals surface area contributed by atoms with Gasteiger partial charge in [0.15, 0.2) is 16.1 Å². The number of amides is 1. The first-order valence-electron chi connectivity index (χ1n) is 8.47. The molecule has 0 atom stereocenters. The van der Waals surface area contributed by atoms with Gasteiger partial charge < -0.3 is 5.32 Å². The molecule has 140 valence electrons. The van der Waals surface area contributed by atoms with Gasteiger partial charge in [0, 0.05) is 34.7 Å². The van der Waals surface area contributed by atoms with Crippen LogP contribution in [0.25, 0.3) is 17.1 Å². The van der Waals surface area contributed by atoms with E-state index in [4.69, 9.17) is 0 Å². The molecule has 3 heterocycles. The number of carbonyl (C=O) groups is 1. The highest BCUT2D eigenvalue weighted by molar-refractivity contribution is 7.99. The van der Waals surface area contributed by atoms with Crippen LogP contribution in [0.4, 0.5) is 5.13 Å². The number of pyridine rings is 1. The Morgan fingerprint density at radius 2 is 2.00 bits per heavy atom. The molecule has 0 aliphatic carbocycles. The van der Waals surface area contributed by atoms with Crippen LogP contribution in [0.2, 0.25) is 0 Å². The van der Waals surface area contributed by atoms with Crippen molar-refractivity contribution < 1.29 is 4.79 Å². The van der Waals surface area contributed by atoms with Gasteiger partial charge in [0.25, 0.3) is 0 Å². The van der Waals surface area contributed by atoms with Crippen LogP contribution in [0.1, 0.15) is 4.88 Å². The van der Waals surface area contributed by atoms with Crippen molar-refractivity contribution in [2.45, 2.75) is 12.1 Å². The average Bonchev–Trinajstić information content (AvgIpc) is 3.33. The summed E-state index contributed by atoms with van der Waals surface area (Å²) in [6, 6.07) is 13.6. The van der Waals surface area contributed by atoms with Gasteiger partial charge in [-0.15, -0.1) is 21.5 Å². The quantitative estimate of drug-likeness (QED) is 0.488. The van der Waals surface area contributed by atoms with Crippen molar-refractivity contribution >= 4 is 34.1 Å². The smallest absolute Gasteiger partial charge is 0.236 e. The van der Waals surface area contributed by atoms with E-state index in [0.29, 0.717) is 16.1 Å². The highest BCUT2D eigenvalue weighted by Crippen LogP contribution is 2.27. The molecule has 1 amide bonds. The third-order valence-corrected chi connectivity index (χ3v) is 5.52. The lowest BCUT2D eigenvalue weighted by Gasteiger charge is -2.10. The van der Waals surface area contributed by atoms with Gasteiger partial charge in [0.1, 0.15) is 0 Å². The van der Waals surface area contributed by atoms with Gasteiger partial charge in [-0.25, -0.2) is 4.98 Å². The first-order valence-corrected chi connectivity index (χ1v) is 10.3. The van der Waals surface area contributed by atoms with Crippen LogP contribution < -0.4 is 5.32 Å². The lowest BCUT2D eigenvalue weighted by atomic mass is 10.2. The first kappa shape index (κ1) is 18.3. The highest BCUT2D eigenvalue weighted by Gasteiger charge is 2.17. The SMILES string of the molecule is Cc1cnc(NC(=O)CSc2nnc(-c3cccnc3)n2-c2ccccc2)s1. The molecule has 0 unspecified atom stereocenters. The molecule has 7 nitrogen and oxygen atoms in total. The topological polar surface area (TPSA) is 85.6 Å². The minimum atomic E-state index is -0.134. The van der Waals surface area contributed by atoms with E-state index < -0.39 is 0 Å². The van der Waals surface area contributed by atoms with Crippen molar-refractivity contribution in [2.24, 2.45) is 0 Å². The van der Waals surface area contributed by atoms with Crippen LogP contribution in [0, 0.1) is 6.92 Å². The Hall–Kier alpha value is -3.04. The normalized spacial score (nSPS) is 10.8. The fourth-order valence-corrected chi connectivity index (χ4v) is 3.99. The molecule has 3 aromatic heterocycles. The van der Waals surface area contributed by atoms with E-state index in [1.807, 2.05) is 54.0 Å². The van der Waals surface area contributed by atoms with Gasteiger partial charge in [0.05, 0.1) is 5.75 Å². The summed E-state index contributed by atoms with van der Waals surface area (Å²) >= 11 is 2.77. The number of aryl methyl sites for hydroxylation is 1. The Balaban J connectivity index is 1.58. The zero-order valence-corrected chi connectivity index (χ0v) is 16.6. The Morgan fingerprint density at radius 1 is 1.14 bits per heavy atom. The molecule has 0 radical (unpaired) electrons. The number of hydrogen-bond donors (Lipinski definition) is 1. The maximum atomic E-state index is 12.3. The number of anilines is 1. The number of rotatable bonds is 6. The Morgan fingerprint density at radius 3 is 2.71 bits per heavy atom. The van der Waals surface area contributed by atoms with E-state index in [2.05, 4.69) is 25.5 Å². The minimum Gasteiger partial charge on any atom is -0.301 e. The molecular formula is C19H16N6OS2. The second kappa shape index (κ2) is 8.32. The lowest BCUT2D eigenvalue weighted by Crippen LogP contribution is -2.14. The van der Waals surface area contributed by atoms with E-state index in [1.54, 1.807) is 18.6 Å². The Kier molecular flexibility index (Phi) is 5.45. The van der Waals surface area contributed by atoms with Crippen LogP contribution in [0.3, 0.4) is 0 Å². The predicted octanol–water partition coefficient (Wildman–Crippen LogP) is 3.83. The molecule has 4 rings (SSSR count). The zero-order chi connectivity index (χ0) is 19.3. The van der Waals surface area contributed by atoms with Crippen molar-refractivity contribution in [3.8, 4) is 17.1 Å². The second-order valence-corrected chi connectivity index (χ2v) is 8.01. The van der Waals surface area contributed by atoms with Gasteiger partial charge in [-0.2, -0.15) is 0 Å². The lowest BCUT2D eigenvalue weighted by molar-refractivity contribution is -0.113. The van der Waals surface area contributed by atoms with Gasteiger partial charge in [-0.05, 0) is 31.2 Å². The number of carbonyl (C=O) groups excluding carboxylic acids is 1. The predicted molar refractivity (Wildman–Crippen MR) is 111 cm³/mol. The number of para-hydroxylation sites is 1. The molecule has 0 aliphatic rings. The number of nitrogens with one attached hydrogen (secondary N) is 1. The fourth-order valence-electron chi connectivity index (χ4n) is 2.55. The van der Waals surface area contributed by atoms with Crippen molar-refractivity contribution in [1.82, 2.24) is 24.7 Å². The van der Waals surface area contributed by atoms with Crippen LogP contribution in [-0.4, -0.2) is 36.4 Å². The van der Waals surface area contributed by atoms with Gasteiger partial charge in [-0.1, -0.05) is 30.0 Å². The van der Waals surface area contributed by atoms with E-state index in [1.165, 1.54) is 23.1 Å². The van der Waals surface area contributed by atoms with Crippen LogP contribution in [0.5, 0.6) is 0 Å². The molecular weight excluding hydrogens is 392 g/mol. The number of nitrogens with zero attached hydrogens (tertiary/aromatic N) is 5. The molecule has 0 bridgehead atoms. The molecule has 28 heavy (non-hydrogen) atoms. The Labute approximate surface area is 169 Å². The molecule has 0 saturated heterocycles. The number of aromatic nitrogens is 5. The van der Waals surface area contributed by atoms with E-state index >= 15 is 0 Å². The second-order valence-electron chi connectivity index (χ2n) is 5.83. The molecule has 0 saturated carbocycles. The number of thioether (sulfide) groups is 1. The minimum absolute atomic E-state index is 0.134. The third kappa shape index (κ3) is 4.10. The monoisotopic (exact) mass is 408 g/mol. The van der Waals surface area contributed by atoms with Crippen LogP contribution in [0.15, 0.2) is 66.2 Å². The number of hydrogen-bond acceptors (Lipinski definition) is 7. The Bertz CT molecular complexity index is 1080. The van der Waals surface area contributed by atoms with Crippen molar-refractivity contribution in [2.75, 3.05) is 11.1 Å². The zero-order valence-electron chi connectivity index (χ0n) is 14.9. The molecule has 1 N–H and O–H groups in total. The van der Waals surface area contributed by atoms with E-state index in [-0.39, 0.29) is 11.7 Å². The summed E-state index contributed by atoms with van der Waals surface area (Å²) in [5.74, 6) is 0.749. The van der Waals surface area contributed by atoms with E-state index in [0.717, 1.165) is 16.1 Å². The maximum Gasteiger partial charge on any atom is 0.236 e. The highest BCUT2D eigenvalue weighted by atomic mass is 32.2. The van der Waals surface area contributed by atoms with E-state index in [9.17, 15) is 4.79 Å².